The average Bonchev–Trinajstić information content (AvgIpc) is 2.75. The first-order chi connectivity index (χ1) is 15.4. The van der Waals surface area contributed by atoms with Gasteiger partial charge in [-0.3, -0.25) is 0 Å². The minimum atomic E-state index is -4.22. The van der Waals surface area contributed by atoms with Crippen molar-refractivity contribution in [3.63, 3.8) is 0 Å². The molecule has 33 heavy (non-hydrogen) atoms. The highest BCUT2D eigenvalue weighted by Crippen LogP contribution is 2.59. The van der Waals surface area contributed by atoms with Crippen LogP contribution in [0, 0.1) is 29.6 Å². The Morgan fingerprint density at radius 2 is 1.39 bits per heavy atom. The fourth-order valence-electron chi connectivity index (χ4n) is 6.22. The van der Waals surface area contributed by atoms with Gasteiger partial charge in [0.1, 0.15) is 5.60 Å². The summed E-state index contributed by atoms with van der Waals surface area (Å²) >= 11 is 0. The normalized spacial score (nSPS) is 31.3. The summed E-state index contributed by atoms with van der Waals surface area (Å²) in [6.45, 7) is 4.73. The van der Waals surface area contributed by atoms with E-state index in [4.69, 9.17) is 14.6 Å². The summed E-state index contributed by atoms with van der Waals surface area (Å²) in [5.74, 6) is -6.82. The summed E-state index contributed by atoms with van der Waals surface area (Å²) in [4.78, 5) is 36.2. The number of carbonyl (C=O) groups is 3. The van der Waals surface area contributed by atoms with Gasteiger partial charge in [-0.2, -0.15) is 8.78 Å². The molecule has 1 atom stereocenters. The topological polar surface area (TPSA) is 89.9 Å². The van der Waals surface area contributed by atoms with Crippen molar-refractivity contribution in [1.82, 2.24) is 0 Å². The van der Waals surface area contributed by atoms with Gasteiger partial charge in [-0.05, 0) is 92.9 Å². The number of carbonyl (C=O) groups excluding carboxylic acids is 2. The quantitative estimate of drug-likeness (QED) is 0.574. The zero-order chi connectivity index (χ0) is 24.1. The van der Waals surface area contributed by atoms with Gasteiger partial charge in [0, 0.05) is 0 Å². The fourth-order valence-corrected chi connectivity index (χ4v) is 6.22. The summed E-state index contributed by atoms with van der Waals surface area (Å²) in [6.07, 6.45) is 3.56. The number of aliphatic carboxylic acids is 1. The van der Waals surface area contributed by atoms with Crippen molar-refractivity contribution in [1.29, 1.82) is 0 Å². The van der Waals surface area contributed by atoms with Gasteiger partial charge in [-0.15, -0.1) is 0 Å². The Bertz CT molecular complexity index is 911. The molecule has 1 aromatic rings. The highest BCUT2D eigenvalue weighted by Gasteiger charge is 2.57. The summed E-state index contributed by atoms with van der Waals surface area (Å²) in [6, 6.07) is 5.40. The fraction of sp³-hybridized carbons (Fsp3) is 0.640. The lowest BCUT2D eigenvalue weighted by molar-refractivity contribution is -0.187. The molecule has 0 spiro atoms. The Hall–Kier alpha value is -2.51. The van der Waals surface area contributed by atoms with E-state index in [-0.39, 0.29) is 11.1 Å². The Labute approximate surface area is 191 Å². The van der Waals surface area contributed by atoms with E-state index in [1.165, 1.54) is 44.5 Å². The van der Waals surface area contributed by atoms with E-state index in [1.807, 2.05) is 6.92 Å². The Kier molecular flexibility index (Phi) is 5.99. The third-order valence-electron chi connectivity index (χ3n) is 7.91. The number of benzene rings is 1. The van der Waals surface area contributed by atoms with Gasteiger partial charge in [-0.1, -0.05) is 13.8 Å². The van der Waals surface area contributed by atoms with Crippen molar-refractivity contribution < 1.29 is 37.7 Å². The van der Waals surface area contributed by atoms with Gasteiger partial charge < -0.3 is 14.6 Å². The molecule has 4 bridgehead atoms. The minimum absolute atomic E-state index is 0.0563. The number of alkyl halides is 2. The number of carboxylic acids is 1. The average molecular weight is 465 g/mol. The van der Waals surface area contributed by atoms with Crippen molar-refractivity contribution >= 4 is 17.9 Å². The molecule has 4 aliphatic carbocycles. The number of rotatable bonds is 7. The molecular weight excluding hydrogens is 434 g/mol. The number of esters is 2. The zero-order valence-electron chi connectivity index (χ0n) is 19.1. The molecule has 1 N–H and O–H groups in total. The highest BCUT2D eigenvalue weighted by molar-refractivity contribution is 5.93. The van der Waals surface area contributed by atoms with Gasteiger partial charge in [-0.25, -0.2) is 14.4 Å². The van der Waals surface area contributed by atoms with Crippen LogP contribution in [-0.4, -0.2) is 40.6 Å². The third kappa shape index (κ3) is 4.24. The lowest BCUT2D eigenvalue weighted by Crippen LogP contribution is -2.58. The molecular formula is C25H30F2O6. The van der Waals surface area contributed by atoms with Crippen LogP contribution in [-0.2, 0) is 14.3 Å². The number of hydrogen-bond donors (Lipinski definition) is 1. The first-order valence-electron chi connectivity index (χ1n) is 11.6. The first kappa shape index (κ1) is 23.6. The number of ether oxygens (including phenoxy) is 2. The molecule has 0 aliphatic heterocycles. The standard InChI is InChI=1S/C25H30F2O6/c1-13(2)20(25(26,27)23(30)31)32-21(28)16-4-6-17(7-5-16)22(29)33-24(3)18-9-14-8-15(11-18)12-19(24)10-14/h4-7,13-15,18-20H,8-12H2,1-3H3,(H,30,31). The summed E-state index contributed by atoms with van der Waals surface area (Å²) < 4.78 is 38.8. The molecule has 0 radical (unpaired) electrons. The maximum absolute atomic E-state index is 14.0. The summed E-state index contributed by atoms with van der Waals surface area (Å²) in [5, 5.41) is 8.78. The van der Waals surface area contributed by atoms with Crippen LogP contribution in [0.3, 0.4) is 0 Å². The highest BCUT2D eigenvalue weighted by atomic mass is 19.3. The maximum atomic E-state index is 14.0. The molecule has 6 nitrogen and oxygen atoms in total. The monoisotopic (exact) mass is 464 g/mol. The van der Waals surface area contributed by atoms with E-state index in [2.05, 4.69) is 0 Å². The van der Waals surface area contributed by atoms with E-state index in [9.17, 15) is 23.2 Å². The van der Waals surface area contributed by atoms with E-state index in [1.54, 1.807) is 0 Å². The molecule has 180 valence electrons. The van der Waals surface area contributed by atoms with Gasteiger partial charge in [0.25, 0.3) is 0 Å². The molecule has 4 fully saturated rings. The lowest BCUT2D eigenvalue weighted by atomic mass is 9.50. The molecule has 4 saturated carbocycles. The first-order valence-corrected chi connectivity index (χ1v) is 11.6. The van der Waals surface area contributed by atoms with Gasteiger partial charge in [0.15, 0.2) is 6.10 Å². The van der Waals surface area contributed by atoms with Gasteiger partial charge in [0.05, 0.1) is 11.1 Å². The molecule has 0 heterocycles. The predicted octanol–water partition coefficient (Wildman–Crippen LogP) is 4.96. The molecule has 1 unspecified atom stereocenters. The second kappa shape index (κ2) is 8.37. The lowest BCUT2D eigenvalue weighted by Gasteiger charge is -2.59. The van der Waals surface area contributed by atoms with Crippen LogP contribution in [0.25, 0.3) is 0 Å². The molecule has 5 rings (SSSR count). The zero-order valence-corrected chi connectivity index (χ0v) is 19.1. The van der Waals surface area contributed by atoms with E-state index in [0.29, 0.717) is 11.8 Å². The Morgan fingerprint density at radius 1 is 0.939 bits per heavy atom. The van der Waals surface area contributed by atoms with Crippen LogP contribution >= 0.6 is 0 Å². The number of halogens is 2. The van der Waals surface area contributed by atoms with Crippen molar-refractivity contribution in [3.8, 4) is 0 Å². The van der Waals surface area contributed by atoms with Crippen LogP contribution in [0.5, 0.6) is 0 Å². The second-order valence-corrected chi connectivity index (χ2v) is 10.5. The SMILES string of the molecule is CC(C)C(OC(=O)c1ccc(C(=O)OC2(C)C3CC4CC(C3)CC2C4)cc1)C(F)(F)C(=O)O. The van der Waals surface area contributed by atoms with Crippen molar-refractivity contribution in [3.05, 3.63) is 35.4 Å². The molecule has 0 aromatic heterocycles. The minimum Gasteiger partial charge on any atom is -0.477 e. The van der Waals surface area contributed by atoms with Crippen LogP contribution in [0.15, 0.2) is 24.3 Å². The van der Waals surface area contributed by atoms with Crippen molar-refractivity contribution in [2.75, 3.05) is 0 Å². The van der Waals surface area contributed by atoms with Crippen molar-refractivity contribution in [2.24, 2.45) is 29.6 Å². The van der Waals surface area contributed by atoms with E-state index in [0.717, 1.165) is 37.5 Å². The third-order valence-corrected chi connectivity index (χ3v) is 7.91. The van der Waals surface area contributed by atoms with Crippen LogP contribution in [0.1, 0.15) is 73.6 Å². The van der Waals surface area contributed by atoms with Gasteiger partial charge >= 0.3 is 23.8 Å². The molecule has 4 aliphatic rings. The molecule has 0 amide bonds. The number of carboxylic acid groups (broad SMARTS) is 1. The largest absolute Gasteiger partial charge is 0.477 e. The van der Waals surface area contributed by atoms with Crippen LogP contribution < -0.4 is 0 Å². The maximum Gasteiger partial charge on any atom is 0.378 e. The van der Waals surface area contributed by atoms with E-state index < -0.39 is 41.5 Å². The Morgan fingerprint density at radius 3 is 1.82 bits per heavy atom. The predicted molar refractivity (Wildman–Crippen MR) is 114 cm³/mol. The van der Waals surface area contributed by atoms with Crippen LogP contribution in [0.4, 0.5) is 8.78 Å². The molecule has 8 heteroatoms. The van der Waals surface area contributed by atoms with Gasteiger partial charge in [0.2, 0.25) is 0 Å². The van der Waals surface area contributed by atoms with Crippen molar-refractivity contribution in [2.45, 2.75) is 70.5 Å². The second-order valence-electron chi connectivity index (χ2n) is 10.5. The molecule has 0 saturated heterocycles. The Balaban J connectivity index is 1.43. The smallest absolute Gasteiger partial charge is 0.378 e. The summed E-state index contributed by atoms with van der Waals surface area (Å²) in [7, 11) is 0. The van der Waals surface area contributed by atoms with E-state index >= 15 is 0 Å². The number of hydrogen-bond acceptors (Lipinski definition) is 5. The molecule has 1 aromatic carbocycles. The summed E-state index contributed by atoms with van der Waals surface area (Å²) in [5.41, 5.74) is -0.285. The van der Waals surface area contributed by atoms with Crippen LogP contribution in [0.2, 0.25) is 0 Å².